The van der Waals surface area contributed by atoms with Gasteiger partial charge in [-0.3, -0.25) is 4.98 Å². The Bertz CT molecular complexity index is 336. The van der Waals surface area contributed by atoms with Crippen molar-refractivity contribution in [3.8, 4) is 0 Å². The SMILES string of the molecule is O=C(OCc1cccnc1)N1CCNCC1. The van der Waals surface area contributed by atoms with Crippen LogP contribution in [0.1, 0.15) is 5.56 Å². The Morgan fingerprint density at radius 2 is 2.31 bits per heavy atom. The lowest BCUT2D eigenvalue weighted by atomic mass is 10.3. The van der Waals surface area contributed by atoms with Gasteiger partial charge in [-0.1, -0.05) is 6.07 Å². The zero-order chi connectivity index (χ0) is 11.2. The minimum Gasteiger partial charge on any atom is -0.444 e. The monoisotopic (exact) mass is 221 g/mol. The molecule has 0 bridgehead atoms. The first-order valence-electron chi connectivity index (χ1n) is 5.37. The van der Waals surface area contributed by atoms with Crippen molar-refractivity contribution >= 4 is 6.09 Å². The number of hydrogen-bond donors (Lipinski definition) is 1. The number of carbonyl (C=O) groups is 1. The minimum absolute atomic E-state index is 0.245. The number of ether oxygens (including phenoxy) is 1. The Balaban J connectivity index is 1.79. The van der Waals surface area contributed by atoms with Crippen molar-refractivity contribution in [2.24, 2.45) is 0 Å². The first-order chi connectivity index (χ1) is 7.86. The van der Waals surface area contributed by atoms with Gasteiger partial charge in [-0.2, -0.15) is 0 Å². The van der Waals surface area contributed by atoms with Crippen LogP contribution in [0.25, 0.3) is 0 Å². The highest BCUT2D eigenvalue weighted by Gasteiger charge is 2.16. The van der Waals surface area contributed by atoms with E-state index in [1.165, 1.54) is 0 Å². The highest BCUT2D eigenvalue weighted by molar-refractivity contribution is 5.67. The van der Waals surface area contributed by atoms with Crippen molar-refractivity contribution in [1.29, 1.82) is 0 Å². The Labute approximate surface area is 94.4 Å². The number of piperazine rings is 1. The highest BCUT2D eigenvalue weighted by Crippen LogP contribution is 2.02. The van der Waals surface area contributed by atoms with Crippen LogP contribution in [-0.4, -0.2) is 42.2 Å². The number of aromatic nitrogens is 1. The number of rotatable bonds is 2. The van der Waals surface area contributed by atoms with Crippen LogP contribution in [0.2, 0.25) is 0 Å². The fourth-order valence-electron chi connectivity index (χ4n) is 1.57. The second kappa shape index (κ2) is 5.46. The molecule has 0 saturated carbocycles. The largest absolute Gasteiger partial charge is 0.444 e. The average Bonchev–Trinajstić information content (AvgIpc) is 2.38. The summed E-state index contributed by atoms with van der Waals surface area (Å²) in [5, 5.41) is 3.18. The summed E-state index contributed by atoms with van der Waals surface area (Å²) in [6, 6.07) is 3.71. The van der Waals surface area contributed by atoms with Gasteiger partial charge in [-0.05, 0) is 6.07 Å². The van der Waals surface area contributed by atoms with E-state index in [4.69, 9.17) is 4.74 Å². The van der Waals surface area contributed by atoms with E-state index in [-0.39, 0.29) is 12.7 Å². The smallest absolute Gasteiger partial charge is 0.410 e. The highest BCUT2D eigenvalue weighted by atomic mass is 16.6. The summed E-state index contributed by atoms with van der Waals surface area (Å²) in [4.78, 5) is 17.3. The van der Waals surface area contributed by atoms with Gasteiger partial charge in [-0.15, -0.1) is 0 Å². The average molecular weight is 221 g/mol. The number of pyridine rings is 1. The van der Waals surface area contributed by atoms with E-state index in [0.717, 1.165) is 18.7 Å². The molecule has 0 aliphatic carbocycles. The number of amides is 1. The topological polar surface area (TPSA) is 54.5 Å². The molecule has 0 aromatic carbocycles. The van der Waals surface area contributed by atoms with E-state index < -0.39 is 0 Å². The summed E-state index contributed by atoms with van der Waals surface area (Å²) in [7, 11) is 0. The third-order valence-corrected chi connectivity index (χ3v) is 2.46. The molecule has 86 valence electrons. The van der Waals surface area contributed by atoms with Gasteiger partial charge in [0.25, 0.3) is 0 Å². The van der Waals surface area contributed by atoms with Crippen molar-refractivity contribution in [3.63, 3.8) is 0 Å². The molecule has 1 aromatic heterocycles. The molecule has 1 aliphatic heterocycles. The van der Waals surface area contributed by atoms with Crippen molar-refractivity contribution in [2.45, 2.75) is 6.61 Å². The summed E-state index contributed by atoms with van der Waals surface area (Å²) in [5.41, 5.74) is 0.908. The normalized spacial score (nSPS) is 15.9. The Hall–Kier alpha value is -1.62. The lowest BCUT2D eigenvalue weighted by Crippen LogP contribution is -2.46. The van der Waals surface area contributed by atoms with Gasteiger partial charge in [0.05, 0.1) is 0 Å². The van der Waals surface area contributed by atoms with Gasteiger partial charge in [0.2, 0.25) is 0 Å². The van der Waals surface area contributed by atoms with Crippen LogP contribution in [-0.2, 0) is 11.3 Å². The fraction of sp³-hybridized carbons (Fsp3) is 0.455. The van der Waals surface area contributed by atoms with Crippen LogP contribution in [0.5, 0.6) is 0 Å². The molecule has 16 heavy (non-hydrogen) atoms. The molecule has 1 aromatic rings. The summed E-state index contributed by atoms with van der Waals surface area (Å²) >= 11 is 0. The predicted molar refractivity (Wildman–Crippen MR) is 58.9 cm³/mol. The Morgan fingerprint density at radius 3 is 3.00 bits per heavy atom. The molecule has 5 nitrogen and oxygen atoms in total. The molecule has 5 heteroatoms. The molecule has 2 rings (SSSR count). The molecular formula is C11H15N3O2. The molecule has 1 N–H and O–H groups in total. The van der Waals surface area contributed by atoms with Gasteiger partial charge in [-0.25, -0.2) is 4.79 Å². The first kappa shape index (κ1) is 10.9. The van der Waals surface area contributed by atoms with Crippen LogP contribution in [0, 0.1) is 0 Å². The zero-order valence-electron chi connectivity index (χ0n) is 9.06. The molecule has 0 radical (unpaired) electrons. The summed E-state index contributed by atoms with van der Waals surface area (Å²) < 4.78 is 5.19. The Morgan fingerprint density at radius 1 is 1.50 bits per heavy atom. The third-order valence-electron chi connectivity index (χ3n) is 2.46. The number of nitrogens with one attached hydrogen (secondary N) is 1. The zero-order valence-corrected chi connectivity index (χ0v) is 9.06. The van der Waals surface area contributed by atoms with Gasteiger partial charge >= 0.3 is 6.09 Å². The van der Waals surface area contributed by atoms with E-state index >= 15 is 0 Å². The van der Waals surface area contributed by atoms with Crippen LogP contribution < -0.4 is 5.32 Å². The summed E-state index contributed by atoms with van der Waals surface area (Å²) in [6.07, 6.45) is 3.15. The van der Waals surface area contributed by atoms with Crippen LogP contribution in [0.15, 0.2) is 24.5 Å². The quantitative estimate of drug-likeness (QED) is 0.795. The number of carbonyl (C=O) groups excluding carboxylic acids is 1. The van der Waals surface area contributed by atoms with Crippen LogP contribution in [0.3, 0.4) is 0 Å². The van der Waals surface area contributed by atoms with Crippen LogP contribution >= 0.6 is 0 Å². The molecule has 0 spiro atoms. The summed E-state index contributed by atoms with van der Waals surface area (Å²) in [6.45, 7) is 3.39. The van der Waals surface area contributed by atoms with Gasteiger partial charge in [0.1, 0.15) is 6.61 Å². The van der Waals surface area contributed by atoms with Crippen molar-refractivity contribution in [2.75, 3.05) is 26.2 Å². The molecule has 0 unspecified atom stereocenters. The van der Waals surface area contributed by atoms with Crippen molar-refractivity contribution in [1.82, 2.24) is 15.2 Å². The maximum atomic E-state index is 11.6. The lowest BCUT2D eigenvalue weighted by molar-refractivity contribution is 0.0918. The van der Waals surface area contributed by atoms with E-state index in [1.807, 2.05) is 12.1 Å². The molecule has 1 fully saturated rings. The van der Waals surface area contributed by atoms with Crippen molar-refractivity contribution < 1.29 is 9.53 Å². The molecule has 1 saturated heterocycles. The van der Waals surface area contributed by atoms with E-state index in [0.29, 0.717) is 13.1 Å². The molecule has 0 atom stereocenters. The minimum atomic E-state index is -0.245. The van der Waals surface area contributed by atoms with Crippen molar-refractivity contribution in [3.05, 3.63) is 30.1 Å². The van der Waals surface area contributed by atoms with E-state index in [2.05, 4.69) is 10.3 Å². The first-order valence-corrected chi connectivity index (χ1v) is 5.37. The maximum Gasteiger partial charge on any atom is 0.410 e. The van der Waals surface area contributed by atoms with Crippen LogP contribution in [0.4, 0.5) is 4.79 Å². The molecule has 1 aliphatic rings. The standard InChI is InChI=1S/C11H15N3O2/c15-11(14-6-4-12-5-7-14)16-9-10-2-1-3-13-8-10/h1-3,8,12H,4-7,9H2. The predicted octanol–water partition coefficient (Wildman–Crippen LogP) is 0.623. The van der Waals surface area contributed by atoms with E-state index in [1.54, 1.807) is 17.3 Å². The number of hydrogen-bond acceptors (Lipinski definition) is 4. The number of nitrogens with zero attached hydrogens (tertiary/aromatic N) is 2. The van der Waals surface area contributed by atoms with E-state index in [9.17, 15) is 4.79 Å². The van der Waals surface area contributed by atoms with Gasteiger partial charge in [0, 0.05) is 44.1 Å². The maximum absolute atomic E-state index is 11.6. The lowest BCUT2D eigenvalue weighted by Gasteiger charge is -2.26. The molecule has 2 heterocycles. The Kier molecular flexibility index (Phi) is 3.71. The molecule has 1 amide bonds. The molecular weight excluding hydrogens is 206 g/mol. The third kappa shape index (κ3) is 2.93. The summed E-state index contributed by atoms with van der Waals surface area (Å²) in [5.74, 6) is 0. The fourth-order valence-corrected chi connectivity index (χ4v) is 1.57. The second-order valence-electron chi connectivity index (χ2n) is 3.65. The van der Waals surface area contributed by atoms with Gasteiger partial charge in [0.15, 0.2) is 0 Å². The second-order valence-corrected chi connectivity index (χ2v) is 3.65. The van der Waals surface area contributed by atoms with Gasteiger partial charge < -0.3 is 15.0 Å².